The fourth-order valence-electron chi connectivity index (χ4n) is 3.19. The van der Waals surface area contributed by atoms with Gasteiger partial charge in [-0.05, 0) is 43.2 Å². The number of halogens is 1. The smallest absolute Gasteiger partial charge is 0.103 e. The van der Waals surface area contributed by atoms with Crippen molar-refractivity contribution in [2.24, 2.45) is 0 Å². The molecule has 1 N–H and O–H groups in total. The summed E-state index contributed by atoms with van der Waals surface area (Å²) in [5.41, 5.74) is 5.59. The predicted octanol–water partition coefficient (Wildman–Crippen LogP) is 2.97. The number of quaternary nitrogens is 1. The lowest BCUT2D eigenvalue weighted by atomic mass is 10.1. The normalized spacial score (nSPS) is 16.0. The van der Waals surface area contributed by atoms with Crippen molar-refractivity contribution in [3.8, 4) is 0 Å². The molecular weight excluding hydrogens is 336 g/mol. The van der Waals surface area contributed by atoms with Crippen LogP contribution >= 0.6 is 15.9 Å². The number of hydrogen-bond acceptors (Lipinski definition) is 1. The van der Waals surface area contributed by atoms with E-state index >= 15 is 0 Å². The van der Waals surface area contributed by atoms with E-state index in [2.05, 4.69) is 77.1 Å². The second-order valence-corrected chi connectivity index (χ2v) is 7.25. The zero-order valence-electron chi connectivity index (χ0n) is 13.4. The largest absolute Gasteiger partial charge is 0.360 e. The van der Waals surface area contributed by atoms with Gasteiger partial charge in [0.1, 0.15) is 6.54 Å². The van der Waals surface area contributed by atoms with Crippen LogP contribution in [0.25, 0.3) is 0 Å². The van der Waals surface area contributed by atoms with Gasteiger partial charge in [0.25, 0.3) is 0 Å². The van der Waals surface area contributed by atoms with Crippen LogP contribution in [0.15, 0.2) is 46.9 Å². The summed E-state index contributed by atoms with van der Waals surface area (Å²) in [6.45, 7) is 10.3. The van der Waals surface area contributed by atoms with Crippen LogP contribution in [0.4, 0.5) is 5.69 Å². The second-order valence-electron chi connectivity index (χ2n) is 6.33. The maximum Gasteiger partial charge on any atom is 0.103 e. The van der Waals surface area contributed by atoms with Crippen molar-refractivity contribution in [2.45, 2.75) is 20.4 Å². The zero-order valence-corrected chi connectivity index (χ0v) is 15.0. The Bertz CT molecular complexity index is 628. The third-order valence-electron chi connectivity index (χ3n) is 4.54. The molecule has 1 heterocycles. The molecule has 1 fully saturated rings. The Morgan fingerprint density at radius 3 is 2.36 bits per heavy atom. The fraction of sp³-hybridized carbons (Fsp3) is 0.368. The van der Waals surface area contributed by atoms with Crippen LogP contribution < -0.4 is 9.80 Å². The van der Waals surface area contributed by atoms with Gasteiger partial charge in [-0.1, -0.05) is 40.2 Å². The third-order valence-corrected chi connectivity index (χ3v) is 5.07. The van der Waals surface area contributed by atoms with E-state index in [0.717, 1.165) is 24.1 Å². The lowest BCUT2D eigenvalue weighted by molar-refractivity contribution is -0.914. The van der Waals surface area contributed by atoms with Crippen LogP contribution in [0.1, 0.15) is 16.7 Å². The Kier molecular flexibility index (Phi) is 4.84. The Labute approximate surface area is 141 Å². The molecule has 0 radical (unpaired) electrons. The third kappa shape index (κ3) is 3.71. The van der Waals surface area contributed by atoms with Gasteiger partial charge in [-0.2, -0.15) is 0 Å². The summed E-state index contributed by atoms with van der Waals surface area (Å²) in [4.78, 5) is 4.23. The minimum atomic E-state index is 1.13. The average molecular weight is 360 g/mol. The molecule has 22 heavy (non-hydrogen) atoms. The first-order chi connectivity index (χ1) is 10.6. The zero-order chi connectivity index (χ0) is 15.5. The van der Waals surface area contributed by atoms with Crippen molar-refractivity contribution >= 4 is 21.6 Å². The standard InChI is InChI=1S/C19H23BrN2/c1-15-3-4-16(2)19(13-15)22-11-9-21(10-12-22)14-17-5-7-18(20)8-6-17/h3-8,13H,9-12,14H2,1-2H3/p+1. The quantitative estimate of drug-likeness (QED) is 0.884. The highest BCUT2D eigenvalue weighted by Gasteiger charge is 2.21. The summed E-state index contributed by atoms with van der Waals surface area (Å²) in [6, 6.07) is 15.5. The van der Waals surface area contributed by atoms with E-state index in [0.29, 0.717) is 0 Å². The number of nitrogens with one attached hydrogen (secondary N) is 1. The van der Waals surface area contributed by atoms with Gasteiger partial charge in [-0.25, -0.2) is 0 Å². The molecule has 0 spiro atoms. The maximum atomic E-state index is 3.50. The summed E-state index contributed by atoms with van der Waals surface area (Å²) in [7, 11) is 0. The minimum absolute atomic E-state index is 1.13. The Balaban J connectivity index is 1.60. The SMILES string of the molecule is Cc1ccc(C)c(N2CC[NH+](Cc3ccc(Br)cc3)CC2)c1. The summed E-state index contributed by atoms with van der Waals surface area (Å²) < 4.78 is 1.16. The van der Waals surface area contributed by atoms with Crippen LogP contribution in [0.5, 0.6) is 0 Å². The fourth-order valence-corrected chi connectivity index (χ4v) is 3.46. The molecule has 0 aromatic heterocycles. The molecule has 3 heteroatoms. The molecule has 3 rings (SSSR count). The van der Waals surface area contributed by atoms with Gasteiger partial charge in [-0.15, -0.1) is 0 Å². The predicted molar refractivity (Wildman–Crippen MR) is 96.7 cm³/mol. The first-order valence-corrected chi connectivity index (χ1v) is 8.81. The van der Waals surface area contributed by atoms with Crippen LogP contribution in [0.3, 0.4) is 0 Å². The van der Waals surface area contributed by atoms with Crippen molar-refractivity contribution in [2.75, 3.05) is 31.1 Å². The number of rotatable bonds is 3. The maximum absolute atomic E-state index is 3.50. The molecule has 0 unspecified atom stereocenters. The summed E-state index contributed by atoms with van der Waals surface area (Å²) in [5.74, 6) is 0. The Morgan fingerprint density at radius 1 is 1.00 bits per heavy atom. The van der Waals surface area contributed by atoms with Gasteiger partial charge in [0.2, 0.25) is 0 Å². The number of benzene rings is 2. The van der Waals surface area contributed by atoms with E-state index in [1.165, 1.54) is 35.5 Å². The van der Waals surface area contributed by atoms with Crippen LogP contribution in [-0.2, 0) is 6.54 Å². The number of hydrogen-bond donors (Lipinski definition) is 1. The van der Waals surface area contributed by atoms with E-state index in [9.17, 15) is 0 Å². The Hall–Kier alpha value is -1.32. The van der Waals surface area contributed by atoms with E-state index in [1.54, 1.807) is 4.90 Å². The molecule has 1 aliphatic rings. The molecule has 0 amide bonds. The first kappa shape index (κ1) is 15.6. The molecule has 116 valence electrons. The van der Waals surface area contributed by atoms with Gasteiger partial charge in [0.15, 0.2) is 0 Å². The van der Waals surface area contributed by atoms with Crippen LogP contribution in [-0.4, -0.2) is 26.2 Å². The molecule has 2 nitrogen and oxygen atoms in total. The highest BCUT2D eigenvalue weighted by Crippen LogP contribution is 2.21. The minimum Gasteiger partial charge on any atom is -0.360 e. The number of aryl methyl sites for hydroxylation is 2. The molecule has 1 saturated heterocycles. The van der Waals surface area contributed by atoms with Gasteiger partial charge >= 0.3 is 0 Å². The van der Waals surface area contributed by atoms with Gasteiger partial charge in [-0.3, -0.25) is 0 Å². The summed E-state index contributed by atoms with van der Waals surface area (Å²) in [6.07, 6.45) is 0. The van der Waals surface area contributed by atoms with E-state index in [4.69, 9.17) is 0 Å². The van der Waals surface area contributed by atoms with E-state index < -0.39 is 0 Å². The first-order valence-electron chi connectivity index (χ1n) is 8.02. The van der Waals surface area contributed by atoms with Crippen molar-refractivity contribution in [3.63, 3.8) is 0 Å². The molecule has 0 atom stereocenters. The van der Waals surface area contributed by atoms with E-state index in [1.807, 2.05) is 0 Å². The van der Waals surface area contributed by atoms with Gasteiger partial charge < -0.3 is 9.80 Å². The van der Waals surface area contributed by atoms with Crippen LogP contribution in [0, 0.1) is 13.8 Å². The topological polar surface area (TPSA) is 7.68 Å². The van der Waals surface area contributed by atoms with Crippen molar-refractivity contribution in [1.82, 2.24) is 0 Å². The molecule has 2 aromatic carbocycles. The van der Waals surface area contributed by atoms with Crippen molar-refractivity contribution in [1.29, 1.82) is 0 Å². The van der Waals surface area contributed by atoms with Gasteiger partial charge in [0, 0.05) is 15.7 Å². The van der Waals surface area contributed by atoms with Gasteiger partial charge in [0.05, 0.1) is 26.2 Å². The molecule has 2 aromatic rings. The monoisotopic (exact) mass is 359 g/mol. The lowest BCUT2D eigenvalue weighted by Gasteiger charge is -2.34. The summed E-state index contributed by atoms with van der Waals surface area (Å²) >= 11 is 3.50. The molecule has 1 aliphatic heterocycles. The molecule has 0 saturated carbocycles. The molecular formula is C19H24BrN2+. The number of piperazine rings is 1. The van der Waals surface area contributed by atoms with Crippen LogP contribution in [0.2, 0.25) is 0 Å². The molecule has 0 bridgehead atoms. The Morgan fingerprint density at radius 2 is 1.68 bits per heavy atom. The lowest BCUT2D eigenvalue weighted by Crippen LogP contribution is -3.13. The number of nitrogens with zero attached hydrogens (tertiary/aromatic N) is 1. The average Bonchev–Trinajstić information content (AvgIpc) is 2.53. The highest BCUT2D eigenvalue weighted by atomic mass is 79.9. The number of anilines is 1. The van der Waals surface area contributed by atoms with Crippen molar-refractivity contribution in [3.05, 3.63) is 63.6 Å². The molecule has 0 aliphatic carbocycles. The second kappa shape index (κ2) is 6.84. The highest BCUT2D eigenvalue weighted by molar-refractivity contribution is 9.10. The van der Waals surface area contributed by atoms with Crippen molar-refractivity contribution < 1.29 is 4.90 Å². The summed E-state index contributed by atoms with van der Waals surface area (Å²) in [5, 5.41) is 0. The van der Waals surface area contributed by atoms with E-state index in [-0.39, 0.29) is 0 Å².